The molecule has 5 heteroatoms. The van der Waals surface area contributed by atoms with E-state index < -0.39 is 0 Å². The van der Waals surface area contributed by atoms with Crippen LogP contribution in [0, 0.1) is 13.8 Å². The molecule has 0 saturated heterocycles. The van der Waals surface area contributed by atoms with Gasteiger partial charge in [0, 0.05) is 18.3 Å². The van der Waals surface area contributed by atoms with Gasteiger partial charge in [-0.05, 0) is 55.3 Å². The summed E-state index contributed by atoms with van der Waals surface area (Å²) in [4.78, 5) is 37.3. The van der Waals surface area contributed by atoms with E-state index in [0.717, 1.165) is 16.0 Å². The monoisotopic (exact) mass is 308 g/mol. The number of benzene rings is 2. The molecule has 1 heterocycles. The molecule has 0 bridgehead atoms. The molecule has 2 aromatic rings. The lowest BCUT2D eigenvalue weighted by Gasteiger charge is -2.08. The third-order valence-corrected chi connectivity index (χ3v) is 3.83. The van der Waals surface area contributed by atoms with Gasteiger partial charge in [-0.15, -0.1) is 0 Å². The molecule has 3 rings (SSSR count). The number of imide groups is 1. The van der Waals surface area contributed by atoms with Gasteiger partial charge >= 0.3 is 0 Å². The number of carbonyl (C=O) groups is 3. The van der Waals surface area contributed by atoms with E-state index in [1.54, 1.807) is 6.07 Å². The van der Waals surface area contributed by atoms with Crippen LogP contribution in [0.4, 0.5) is 5.69 Å². The van der Waals surface area contributed by atoms with Crippen molar-refractivity contribution < 1.29 is 14.4 Å². The first-order chi connectivity index (χ1) is 10.9. The van der Waals surface area contributed by atoms with Crippen LogP contribution in [0.3, 0.4) is 0 Å². The van der Waals surface area contributed by atoms with E-state index in [9.17, 15) is 14.4 Å². The minimum atomic E-state index is -0.383. The number of nitrogens with one attached hydrogen (secondary N) is 1. The molecule has 0 atom stereocenters. The average molecular weight is 308 g/mol. The molecule has 0 fully saturated rings. The third kappa shape index (κ3) is 2.61. The van der Waals surface area contributed by atoms with Crippen molar-refractivity contribution in [2.75, 3.05) is 12.4 Å². The van der Waals surface area contributed by atoms with Gasteiger partial charge in [-0.1, -0.05) is 6.07 Å². The van der Waals surface area contributed by atoms with Crippen molar-refractivity contribution in [3.05, 3.63) is 64.2 Å². The molecule has 1 N–H and O–H groups in total. The molecule has 0 spiro atoms. The second-order valence-corrected chi connectivity index (χ2v) is 5.76. The van der Waals surface area contributed by atoms with E-state index in [1.807, 2.05) is 32.0 Å². The Morgan fingerprint density at radius 2 is 1.52 bits per heavy atom. The highest BCUT2D eigenvalue weighted by atomic mass is 16.2. The van der Waals surface area contributed by atoms with Gasteiger partial charge in [-0.3, -0.25) is 19.3 Å². The third-order valence-electron chi connectivity index (χ3n) is 3.83. The van der Waals surface area contributed by atoms with E-state index >= 15 is 0 Å². The van der Waals surface area contributed by atoms with Gasteiger partial charge in [0.05, 0.1) is 11.1 Å². The van der Waals surface area contributed by atoms with Crippen molar-refractivity contribution in [2.24, 2.45) is 0 Å². The Labute approximate surface area is 133 Å². The zero-order valence-corrected chi connectivity index (χ0v) is 13.1. The molecule has 0 saturated carbocycles. The molecule has 0 unspecified atom stereocenters. The van der Waals surface area contributed by atoms with Crippen LogP contribution in [0.1, 0.15) is 42.2 Å². The van der Waals surface area contributed by atoms with Crippen molar-refractivity contribution in [3.63, 3.8) is 0 Å². The van der Waals surface area contributed by atoms with Gasteiger partial charge in [-0.25, -0.2) is 0 Å². The molecule has 0 radical (unpaired) electrons. The molecule has 2 aromatic carbocycles. The van der Waals surface area contributed by atoms with Gasteiger partial charge in [0.2, 0.25) is 0 Å². The Balaban J connectivity index is 1.90. The Bertz CT molecular complexity index is 835. The number of amides is 3. The number of fused-ring (bicyclic) bond motifs is 1. The molecule has 0 aliphatic carbocycles. The number of rotatable bonds is 2. The van der Waals surface area contributed by atoms with Crippen LogP contribution in [0.15, 0.2) is 36.4 Å². The first-order valence-electron chi connectivity index (χ1n) is 7.23. The minimum Gasteiger partial charge on any atom is -0.322 e. The SMILES string of the molecule is Cc1cc(C)cc(NC(=O)c2ccc3c(c2)C(=O)N(C)C3=O)c1. The molecular formula is C18H16N2O3. The highest BCUT2D eigenvalue weighted by Crippen LogP contribution is 2.23. The van der Waals surface area contributed by atoms with Crippen LogP contribution in [-0.4, -0.2) is 29.7 Å². The van der Waals surface area contributed by atoms with Crippen LogP contribution < -0.4 is 5.32 Å². The maximum Gasteiger partial charge on any atom is 0.261 e. The first kappa shape index (κ1) is 15.0. The largest absolute Gasteiger partial charge is 0.322 e. The Morgan fingerprint density at radius 3 is 2.17 bits per heavy atom. The van der Waals surface area contributed by atoms with Crippen molar-refractivity contribution in [1.29, 1.82) is 0 Å². The van der Waals surface area contributed by atoms with Crippen molar-refractivity contribution in [3.8, 4) is 0 Å². The highest BCUT2D eigenvalue weighted by Gasteiger charge is 2.33. The zero-order chi connectivity index (χ0) is 16.7. The number of carbonyl (C=O) groups excluding carboxylic acids is 3. The lowest BCUT2D eigenvalue weighted by Crippen LogP contribution is -2.24. The maximum absolute atomic E-state index is 12.4. The molecular weight excluding hydrogens is 292 g/mol. The van der Waals surface area contributed by atoms with Crippen LogP contribution in [0.2, 0.25) is 0 Å². The second-order valence-electron chi connectivity index (χ2n) is 5.76. The van der Waals surface area contributed by atoms with Gasteiger partial charge in [0.1, 0.15) is 0 Å². The normalized spacial score (nSPS) is 13.3. The Kier molecular flexibility index (Phi) is 3.48. The first-order valence-corrected chi connectivity index (χ1v) is 7.23. The number of hydrogen-bond acceptors (Lipinski definition) is 3. The van der Waals surface area contributed by atoms with Gasteiger partial charge in [0.25, 0.3) is 17.7 Å². The topological polar surface area (TPSA) is 66.5 Å². The lowest BCUT2D eigenvalue weighted by atomic mass is 10.0. The quantitative estimate of drug-likeness (QED) is 0.868. The molecule has 1 aliphatic heterocycles. The molecule has 0 aromatic heterocycles. The standard InChI is InChI=1S/C18H16N2O3/c1-10-6-11(2)8-13(7-10)19-16(21)12-4-5-14-15(9-12)18(23)20(3)17(14)22/h4-9H,1-3H3,(H,19,21). The predicted molar refractivity (Wildman–Crippen MR) is 86.7 cm³/mol. The smallest absolute Gasteiger partial charge is 0.261 e. The van der Waals surface area contributed by atoms with Gasteiger partial charge < -0.3 is 5.32 Å². The van der Waals surface area contributed by atoms with Crippen LogP contribution >= 0.6 is 0 Å². The van der Waals surface area contributed by atoms with Gasteiger partial charge in [0.15, 0.2) is 0 Å². The fourth-order valence-corrected chi connectivity index (χ4v) is 2.75. The number of aryl methyl sites for hydroxylation is 2. The maximum atomic E-state index is 12.4. The molecule has 3 amide bonds. The molecule has 116 valence electrons. The highest BCUT2D eigenvalue weighted by molar-refractivity contribution is 6.22. The zero-order valence-electron chi connectivity index (χ0n) is 13.1. The molecule has 23 heavy (non-hydrogen) atoms. The van der Waals surface area contributed by atoms with Crippen LogP contribution in [0.25, 0.3) is 0 Å². The summed E-state index contributed by atoms with van der Waals surface area (Å²) in [5, 5.41) is 2.82. The van der Waals surface area contributed by atoms with Crippen molar-refractivity contribution in [1.82, 2.24) is 4.90 Å². The van der Waals surface area contributed by atoms with E-state index in [2.05, 4.69) is 5.32 Å². The summed E-state index contributed by atoms with van der Waals surface area (Å²) in [5.41, 5.74) is 3.76. The fourth-order valence-electron chi connectivity index (χ4n) is 2.75. The van der Waals surface area contributed by atoms with Gasteiger partial charge in [-0.2, -0.15) is 0 Å². The van der Waals surface area contributed by atoms with E-state index in [0.29, 0.717) is 16.8 Å². The second kappa shape index (κ2) is 5.35. The Morgan fingerprint density at radius 1 is 0.913 bits per heavy atom. The lowest BCUT2D eigenvalue weighted by molar-refractivity contribution is 0.0693. The van der Waals surface area contributed by atoms with Crippen molar-refractivity contribution >= 4 is 23.4 Å². The van der Waals surface area contributed by atoms with E-state index in [-0.39, 0.29) is 23.3 Å². The predicted octanol–water partition coefficient (Wildman–Crippen LogP) is 2.78. The summed E-state index contributed by atoms with van der Waals surface area (Å²) >= 11 is 0. The Hall–Kier alpha value is -2.95. The van der Waals surface area contributed by atoms with Crippen LogP contribution in [0.5, 0.6) is 0 Å². The number of nitrogens with zero attached hydrogens (tertiary/aromatic N) is 1. The molecule has 5 nitrogen and oxygen atoms in total. The fraction of sp³-hybridized carbons (Fsp3) is 0.167. The summed E-state index contributed by atoms with van der Waals surface area (Å²) in [7, 11) is 1.43. The summed E-state index contributed by atoms with van der Waals surface area (Å²) in [6, 6.07) is 10.3. The van der Waals surface area contributed by atoms with E-state index in [4.69, 9.17) is 0 Å². The van der Waals surface area contributed by atoms with Crippen LogP contribution in [-0.2, 0) is 0 Å². The summed E-state index contributed by atoms with van der Waals surface area (Å²) in [6.45, 7) is 3.91. The average Bonchev–Trinajstić information content (AvgIpc) is 2.70. The summed E-state index contributed by atoms with van der Waals surface area (Å²) < 4.78 is 0. The number of hydrogen-bond donors (Lipinski definition) is 1. The summed E-state index contributed by atoms with van der Waals surface area (Å²) in [6.07, 6.45) is 0. The van der Waals surface area contributed by atoms with Crippen molar-refractivity contribution in [2.45, 2.75) is 13.8 Å². The minimum absolute atomic E-state index is 0.269. The molecule has 1 aliphatic rings. The number of anilines is 1. The summed E-state index contributed by atoms with van der Waals surface area (Å²) in [5.74, 6) is -1.04. The van der Waals surface area contributed by atoms with E-state index in [1.165, 1.54) is 19.2 Å².